The van der Waals surface area contributed by atoms with Crippen molar-refractivity contribution in [3.63, 3.8) is 0 Å². The number of rotatable bonds is 3. The Morgan fingerprint density at radius 3 is 3.00 bits per heavy atom. The van der Waals surface area contributed by atoms with E-state index in [1.165, 1.54) is 0 Å². The van der Waals surface area contributed by atoms with Crippen LogP contribution in [0.3, 0.4) is 0 Å². The van der Waals surface area contributed by atoms with E-state index >= 15 is 0 Å². The van der Waals surface area contributed by atoms with Gasteiger partial charge in [-0.1, -0.05) is 5.16 Å². The SMILES string of the molecule is CCn1ncc2c(ON=C(C)C)ccnc21. The molecule has 2 heterocycles. The molecule has 0 saturated heterocycles. The third-order valence-electron chi connectivity index (χ3n) is 2.13. The molecule has 0 atom stereocenters. The molecule has 0 unspecified atom stereocenters. The topological polar surface area (TPSA) is 52.3 Å². The molecule has 2 aromatic rings. The molecule has 0 aliphatic rings. The number of fused-ring (bicyclic) bond motifs is 1. The first-order valence-electron chi connectivity index (χ1n) is 5.21. The molecule has 16 heavy (non-hydrogen) atoms. The standard InChI is InChI=1S/C11H14N4O/c1-4-15-11-9(7-13-15)10(5-6-12-11)16-14-8(2)3/h5-7H,4H2,1-3H3. The summed E-state index contributed by atoms with van der Waals surface area (Å²) in [6.07, 6.45) is 3.45. The van der Waals surface area contributed by atoms with Crippen LogP contribution in [0.2, 0.25) is 0 Å². The lowest BCUT2D eigenvalue weighted by Gasteiger charge is -2.01. The van der Waals surface area contributed by atoms with Gasteiger partial charge in [-0.25, -0.2) is 9.67 Å². The van der Waals surface area contributed by atoms with Gasteiger partial charge in [0.2, 0.25) is 0 Å². The van der Waals surface area contributed by atoms with Crippen LogP contribution in [-0.4, -0.2) is 20.5 Å². The molecule has 0 aliphatic carbocycles. The van der Waals surface area contributed by atoms with Crippen molar-refractivity contribution in [2.24, 2.45) is 5.16 Å². The van der Waals surface area contributed by atoms with E-state index in [2.05, 4.69) is 15.2 Å². The van der Waals surface area contributed by atoms with E-state index in [1.54, 1.807) is 18.5 Å². The van der Waals surface area contributed by atoms with Crippen molar-refractivity contribution >= 4 is 16.7 Å². The second-order valence-corrected chi connectivity index (χ2v) is 3.64. The van der Waals surface area contributed by atoms with Crippen molar-refractivity contribution in [3.05, 3.63) is 18.5 Å². The van der Waals surface area contributed by atoms with E-state index in [1.807, 2.05) is 25.5 Å². The number of aromatic nitrogens is 3. The summed E-state index contributed by atoms with van der Waals surface area (Å²) in [7, 11) is 0. The van der Waals surface area contributed by atoms with E-state index in [9.17, 15) is 0 Å². The number of hydrogen-bond acceptors (Lipinski definition) is 4. The Hall–Kier alpha value is -1.91. The average Bonchev–Trinajstić information content (AvgIpc) is 2.69. The van der Waals surface area contributed by atoms with Gasteiger partial charge in [0.25, 0.3) is 0 Å². The minimum Gasteiger partial charge on any atom is -0.356 e. The quantitative estimate of drug-likeness (QED) is 0.586. The van der Waals surface area contributed by atoms with Crippen LogP contribution in [0.5, 0.6) is 5.75 Å². The molecule has 0 radical (unpaired) electrons. The van der Waals surface area contributed by atoms with Crippen LogP contribution in [0.15, 0.2) is 23.6 Å². The van der Waals surface area contributed by atoms with Gasteiger partial charge in [0.15, 0.2) is 11.4 Å². The van der Waals surface area contributed by atoms with Gasteiger partial charge in [0.05, 0.1) is 17.3 Å². The van der Waals surface area contributed by atoms with E-state index in [0.29, 0.717) is 5.75 Å². The van der Waals surface area contributed by atoms with Crippen LogP contribution >= 0.6 is 0 Å². The van der Waals surface area contributed by atoms with Crippen molar-refractivity contribution in [3.8, 4) is 5.75 Å². The smallest absolute Gasteiger partial charge is 0.172 e. The second-order valence-electron chi connectivity index (χ2n) is 3.64. The molecule has 0 N–H and O–H groups in total. The van der Waals surface area contributed by atoms with Crippen LogP contribution in [0, 0.1) is 0 Å². The molecule has 0 saturated carbocycles. The maximum Gasteiger partial charge on any atom is 0.172 e. The Morgan fingerprint density at radius 1 is 1.50 bits per heavy atom. The Balaban J connectivity index is 2.46. The van der Waals surface area contributed by atoms with Gasteiger partial charge in [-0.15, -0.1) is 0 Å². The van der Waals surface area contributed by atoms with E-state index in [-0.39, 0.29) is 0 Å². The van der Waals surface area contributed by atoms with Crippen molar-refractivity contribution in [1.29, 1.82) is 0 Å². The van der Waals surface area contributed by atoms with Crippen LogP contribution in [0.1, 0.15) is 20.8 Å². The predicted octanol–water partition coefficient (Wildman–Crippen LogP) is 2.23. The van der Waals surface area contributed by atoms with Crippen LogP contribution in [0.25, 0.3) is 11.0 Å². The van der Waals surface area contributed by atoms with Crippen molar-refractivity contribution < 1.29 is 4.84 Å². The van der Waals surface area contributed by atoms with Crippen LogP contribution in [0.4, 0.5) is 0 Å². The van der Waals surface area contributed by atoms with Crippen molar-refractivity contribution in [2.45, 2.75) is 27.3 Å². The maximum absolute atomic E-state index is 5.33. The fourth-order valence-corrected chi connectivity index (χ4v) is 1.41. The first-order valence-corrected chi connectivity index (χ1v) is 5.21. The molecule has 5 nitrogen and oxygen atoms in total. The Kier molecular flexibility index (Phi) is 2.85. The highest BCUT2D eigenvalue weighted by atomic mass is 16.6. The summed E-state index contributed by atoms with van der Waals surface area (Å²) < 4.78 is 1.82. The molecule has 5 heteroatoms. The van der Waals surface area contributed by atoms with Gasteiger partial charge in [-0.2, -0.15) is 5.10 Å². The summed E-state index contributed by atoms with van der Waals surface area (Å²) in [4.78, 5) is 9.60. The minimum atomic E-state index is 0.686. The van der Waals surface area contributed by atoms with Crippen molar-refractivity contribution in [1.82, 2.24) is 14.8 Å². The van der Waals surface area contributed by atoms with Crippen molar-refractivity contribution in [2.75, 3.05) is 0 Å². The van der Waals surface area contributed by atoms with E-state index < -0.39 is 0 Å². The molecular formula is C11H14N4O. The summed E-state index contributed by atoms with van der Waals surface area (Å²) >= 11 is 0. The normalized spacial score (nSPS) is 10.4. The second kappa shape index (κ2) is 4.30. The number of hydrogen-bond donors (Lipinski definition) is 0. The lowest BCUT2D eigenvalue weighted by molar-refractivity contribution is 0.344. The summed E-state index contributed by atoms with van der Waals surface area (Å²) in [6, 6.07) is 1.79. The molecule has 84 valence electrons. The zero-order chi connectivity index (χ0) is 11.5. The molecule has 0 spiro atoms. The third-order valence-corrected chi connectivity index (χ3v) is 2.13. The van der Waals surface area contributed by atoms with Gasteiger partial charge >= 0.3 is 0 Å². The summed E-state index contributed by atoms with van der Waals surface area (Å²) in [5.74, 6) is 0.686. The van der Waals surface area contributed by atoms with Gasteiger partial charge in [-0.05, 0) is 20.8 Å². The molecule has 2 rings (SSSR count). The Labute approximate surface area is 93.7 Å². The van der Waals surface area contributed by atoms with Gasteiger partial charge in [-0.3, -0.25) is 0 Å². The largest absolute Gasteiger partial charge is 0.356 e. The number of nitrogens with zero attached hydrogens (tertiary/aromatic N) is 4. The molecular weight excluding hydrogens is 204 g/mol. The Morgan fingerprint density at radius 2 is 2.31 bits per heavy atom. The average molecular weight is 218 g/mol. The monoisotopic (exact) mass is 218 g/mol. The molecule has 0 aromatic carbocycles. The maximum atomic E-state index is 5.33. The highest BCUT2D eigenvalue weighted by Gasteiger charge is 2.08. The summed E-state index contributed by atoms with van der Waals surface area (Å²) in [5, 5.41) is 9.04. The Bertz CT molecular complexity index is 526. The lowest BCUT2D eigenvalue weighted by Crippen LogP contribution is -1.97. The zero-order valence-corrected chi connectivity index (χ0v) is 9.64. The van der Waals surface area contributed by atoms with Crippen LogP contribution < -0.4 is 4.84 Å². The van der Waals surface area contributed by atoms with Crippen LogP contribution in [-0.2, 0) is 6.54 Å². The fourth-order valence-electron chi connectivity index (χ4n) is 1.41. The minimum absolute atomic E-state index is 0.686. The predicted molar refractivity (Wildman–Crippen MR) is 62.6 cm³/mol. The first kappa shape index (κ1) is 10.6. The highest BCUT2D eigenvalue weighted by Crippen LogP contribution is 2.23. The number of aryl methyl sites for hydroxylation is 1. The molecule has 2 aromatic heterocycles. The highest BCUT2D eigenvalue weighted by molar-refractivity contribution is 5.82. The number of oxime groups is 1. The van der Waals surface area contributed by atoms with Gasteiger partial charge in [0, 0.05) is 18.8 Å². The fraction of sp³-hybridized carbons (Fsp3) is 0.364. The summed E-state index contributed by atoms with van der Waals surface area (Å²) in [5.41, 5.74) is 1.69. The van der Waals surface area contributed by atoms with Gasteiger partial charge in [0.1, 0.15) is 0 Å². The molecule has 0 bridgehead atoms. The first-order chi connectivity index (χ1) is 7.72. The zero-order valence-electron chi connectivity index (χ0n) is 9.64. The summed E-state index contributed by atoms with van der Waals surface area (Å²) in [6.45, 7) is 6.58. The molecule has 0 aliphatic heterocycles. The van der Waals surface area contributed by atoms with Gasteiger partial charge < -0.3 is 4.84 Å². The molecule has 0 fully saturated rings. The third kappa shape index (κ3) is 1.88. The van der Waals surface area contributed by atoms with E-state index in [4.69, 9.17) is 4.84 Å². The molecule has 0 amide bonds. The van der Waals surface area contributed by atoms with E-state index in [0.717, 1.165) is 23.3 Å². The number of pyridine rings is 1. The lowest BCUT2D eigenvalue weighted by atomic mass is 10.3.